The molecule has 0 amide bonds. The lowest BCUT2D eigenvalue weighted by molar-refractivity contribution is 0.461. The van der Waals surface area contributed by atoms with E-state index in [1.807, 2.05) is 18.2 Å². The van der Waals surface area contributed by atoms with E-state index >= 15 is 0 Å². The van der Waals surface area contributed by atoms with Crippen molar-refractivity contribution in [1.82, 2.24) is 0 Å². The van der Waals surface area contributed by atoms with Gasteiger partial charge in [-0.05, 0) is 12.0 Å². The Hall–Kier alpha value is -2.14. The van der Waals surface area contributed by atoms with E-state index in [-0.39, 0.29) is 5.92 Å². The number of hydrogen-bond donors (Lipinski definition) is 1. The molecule has 5 nitrogen and oxygen atoms in total. The van der Waals surface area contributed by atoms with Crippen molar-refractivity contribution < 1.29 is 0 Å². The number of benzene rings is 1. The maximum absolute atomic E-state index is 6.54. The fourth-order valence-corrected chi connectivity index (χ4v) is 2.62. The van der Waals surface area contributed by atoms with Gasteiger partial charge in [-0.2, -0.15) is 0 Å². The predicted molar refractivity (Wildman–Crippen MR) is 78.2 cm³/mol. The molecule has 0 spiro atoms. The summed E-state index contributed by atoms with van der Waals surface area (Å²) in [4.78, 5) is 16.9. The number of nitrogens with two attached hydrogens (primary N) is 1. The topological polar surface area (TPSA) is 75.5 Å². The third-order valence-electron chi connectivity index (χ3n) is 3.55. The molecule has 0 aliphatic carbocycles. The van der Waals surface area contributed by atoms with Gasteiger partial charge < -0.3 is 5.73 Å². The number of aliphatic imine (C=N–C) groups is 4. The summed E-state index contributed by atoms with van der Waals surface area (Å²) in [7, 11) is 0. The third-order valence-corrected chi connectivity index (χ3v) is 3.55. The Labute approximate surface area is 111 Å². The molecule has 0 fully saturated rings. The smallest absolute Gasteiger partial charge is 0.180 e. The predicted octanol–water partition coefficient (Wildman–Crippen LogP) is 1.76. The molecule has 1 aromatic rings. The molecule has 5 heteroatoms. The highest BCUT2D eigenvalue weighted by Crippen LogP contribution is 2.34. The molecule has 0 bridgehead atoms. The zero-order valence-electron chi connectivity index (χ0n) is 10.7. The Bertz CT molecular complexity index is 600. The number of amidine groups is 1. The number of rotatable bonds is 3. The minimum Gasteiger partial charge on any atom is -0.301 e. The molecule has 1 aromatic carbocycles. The standard InChI is InChI=1S/C14H15N5/c1-2-11(10-6-4-3-5-7-10)14(15)12-13(17-8-16-12)18-9-19-14/h3-9,11H,2,15H2,1H3/t11-,14?/m1/s1. The van der Waals surface area contributed by atoms with Gasteiger partial charge in [-0.3, -0.25) is 0 Å². The zero-order valence-corrected chi connectivity index (χ0v) is 10.7. The molecule has 0 radical (unpaired) electrons. The van der Waals surface area contributed by atoms with Crippen molar-refractivity contribution in [3.8, 4) is 0 Å². The minimum atomic E-state index is -0.885. The van der Waals surface area contributed by atoms with Crippen LogP contribution in [0.1, 0.15) is 24.8 Å². The molecule has 1 unspecified atom stereocenters. The van der Waals surface area contributed by atoms with E-state index in [9.17, 15) is 0 Å². The molecule has 2 aliphatic heterocycles. The van der Waals surface area contributed by atoms with Crippen LogP contribution in [0, 0.1) is 0 Å². The van der Waals surface area contributed by atoms with Crippen LogP contribution in [0.15, 0.2) is 50.3 Å². The van der Waals surface area contributed by atoms with Crippen molar-refractivity contribution in [3.05, 3.63) is 35.9 Å². The average Bonchev–Trinajstić information content (AvgIpc) is 2.91. The number of hydrogen-bond acceptors (Lipinski definition) is 5. The van der Waals surface area contributed by atoms with Gasteiger partial charge in [-0.25, -0.2) is 20.0 Å². The van der Waals surface area contributed by atoms with Gasteiger partial charge in [0.1, 0.15) is 18.4 Å². The van der Waals surface area contributed by atoms with E-state index in [2.05, 4.69) is 39.0 Å². The number of nitrogens with zero attached hydrogens (tertiary/aromatic N) is 4. The highest BCUT2D eigenvalue weighted by atomic mass is 15.2. The first-order valence-corrected chi connectivity index (χ1v) is 6.32. The quantitative estimate of drug-likeness (QED) is 0.875. The summed E-state index contributed by atoms with van der Waals surface area (Å²) in [5, 5.41) is 0. The maximum Gasteiger partial charge on any atom is 0.180 e. The molecule has 2 aliphatic rings. The highest BCUT2D eigenvalue weighted by Gasteiger charge is 2.44. The van der Waals surface area contributed by atoms with E-state index in [1.54, 1.807) is 0 Å². The normalized spacial score (nSPS) is 25.8. The molecular formula is C14H15N5. The van der Waals surface area contributed by atoms with Crippen molar-refractivity contribution in [2.75, 3.05) is 0 Å². The fraction of sp³-hybridized carbons (Fsp3) is 0.286. The second-order valence-corrected chi connectivity index (χ2v) is 4.62. The van der Waals surface area contributed by atoms with Crippen molar-refractivity contribution in [2.24, 2.45) is 25.7 Å². The van der Waals surface area contributed by atoms with Gasteiger partial charge in [0.25, 0.3) is 0 Å². The summed E-state index contributed by atoms with van der Waals surface area (Å²) in [5.74, 6) is 0.628. The molecule has 0 saturated carbocycles. The van der Waals surface area contributed by atoms with Crippen LogP contribution >= 0.6 is 0 Å². The maximum atomic E-state index is 6.54. The first kappa shape index (κ1) is 11.9. The van der Waals surface area contributed by atoms with Crippen molar-refractivity contribution in [3.63, 3.8) is 0 Å². The van der Waals surface area contributed by atoms with Gasteiger partial charge in [0.2, 0.25) is 0 Å². The first-order chi connectivity index (χ1) is 9.25. The van der Waals surface area contributed by atoms with Gasteiger partial charge in [0, 0.05) is 5.92 Å². The molecule has 2 heterocycles. The Morgan fingerprint density at radius 3 is 2.68 bits per heavy atom. The Morgan fingerprint density at radius 1 is 1.16 bits per heavy atom. The van der Waals surface area contributed by atoms with Gasteiger partial charge >= 0.3 is 0 Å². The highest BCUT2D eigenvalue weighted by molar-refractivity contribution is 6.50. The number of fused-ring (bicyclic) bond motifs is 1. The van der Waals surface area contributed by atoms with Crippen molar-refractivity contribution in [2.45, 2.75) is 24.9 Å². The van der Waals surface area contributed by atoms with Crippen LogP contribution < -0.4 is 5.73 Å². The lowest BCUT2D eigenvalue weighted by atomic mass is 9.81. The van der Waals surface area contributed by atoms with Gasteiger partial charge in [0.15, 0.2) is 11.5 Å². The Morgan fingerprint density at radius 2 is 1.95 bits per heavy atom. The van der Waals surface area contributed by atoms with E-state index in [0.717, 1.165) is 12.0 Å². The minimum absolute atomic E-state index is 0.0518. The van der Waals surface area contributed by atoms with E-state index < -0.39 is 5.66 Å². The van der Waals surface area contributed by atoms with Crippen LogP contribution in [-0.4, -0.2) is 29.9 Å². The third kappa shape index (κ3) is 1.82. The van der Waals surface area contributed by atoms with E-state index in [1.165, 1.54) is 12.7 Å². The lowest BCUT2D eigenvalue weighted by Gasteiger charge is -2.34. The van der Waals surface area contributed by atoms with Gasteiger partial charge in [0.05, 0.1) is 0 Å². The van der Waals surface area contributed by atoms with E-state index in [0.29, 0.717) is 11.5 Å². The first-order valence-electron chi connectivity index (χ1n) is 6.32. The molecule has 0 saturated heterocycles. The van der Waals surface area contributed by atoms with Crippen LogP contribution in [0.5, 0.6) is 0 Å². The zero-order chi connectivity index (χ0) is 13.3. The lowest BCUT2D eigenvalue weighted by Crippen LogP contribution is -2.54. The summed E-state index contributed by atoms with van der Waals surface area (Å²) >= 11 is 0. The largest absolute Gasteiger partial charge is 0.301 e. The van der Waals surface area contributed by atoms with E-state index in [4.69, 9.17) is 5.73 Å². The summed E-state index contributed by atoms with van der Waals surface area (Å²) in [5.41, 5.74) is 7.47. The van der Waals surface area contributed by atoms with Gasteiger partial charge in [-0.1, -0.05) is 37.3 Å². The van der Waals surface area contributed by atoms with Crippen molar-refractivity contribution >= 4 is 24.2 Å². The average molecular weight is 253 g/mol. The molecule has 19 heavy (non-hydrogen) atoms. The summed E-state index contributed by atoms with van der Waals surface area (Å²) < 4.78 is 0. The van der Waals surface area contributed by atoms with Crippen LogP contribution in [-0.2, 0) is 0 Å². The molecule has 2 N–H and O–H groups in total. The summed E-state index contributed by atoms with van der Waals surface area (Å²) in [6, 6.07) is 10.2. The second-order valence-electron chi connectivity index (χ2n) is 4.62. The molecular weight excluding hydrogens is 238 g/mol. The van der Waals surface area contributed by atoms with Crippen LogP contribution in [0.3, 0.4) is 0 Å². The molecule has 3 rings (SSSR count). The van der Waals surface area contributed by atoms with Gasteiger partial charge in [-0.15, -0.1) is 0 Å². The molecule has 0 aromatic heterocycles. The Kier molecular flexibility index (Phi) is 2.83. The molecule has 96 valence electrons. The second kappa shape index (κ2) is 4.51. The molecule has 2 atom stereocenters. The van der Waals surface area contributed by atoms with Crippen LogP contribution in [0.2, 0.25) is 0 Å². The summed E-state index contributed by atoms with van der Waals surface area (Å²) in [6.45, 7) is 2.10. The van der Waals surface area contributed by atoms with Crippen LogP contribution in [0.25, 0.3) is 0 Å². The summed E-state index contributed by atoms with van der Waals surface area (Å²) in [6.07, 6.45) is 3.84. The monoisotopic (exact) mass is 253 g/mol. The SMILES string of the molecule is CC[C@H](c1ccccc1)C1(N)N=CN=C2N=CN=C21. The van der Waals surface area contributed by atoms with Crippen molar-refractivity contribution in [1.29, 1.82) is 0 Å². The fourth-order valence-electron chi connectivity index (χ4n) is 2.62. The van der Waals surface area contributed by atoms with Crippen LogP contribution in [0.4, 0.5) is 0 Å². The Balaban J connectivity index is 2.05.